The first-order chi connectivity index (χ1) is 15.3. The first-order valence-corrected chi connectivity index (χ1v) is 10.9. The predicted octanol–water partition coefficient (Wildman–Crippen LogP) is 1.56. The number of nitrogens with one attached hydrogen (secondary N) is 1. The molecule has 0 radical (unpaired) electrons. The standard InChI is InChI=1S/C23H34N6O3/c1-24-20-14-21(26-17-25-20)29-10-6-9-23(31,16-29)15-28(4)22(30)18-7-5-8-19(13-18)32-12-11-27(2)3/h5,7-8,13-14,17,31H,6,9-12,15-16H2,1-4H3,(H,24,25,26). The lowest BCUT2D eigenvalue weighted by atomic mass is 9.92. The van der Waals surface area contributed by atoms with E-state index in [0.717, 1.165) is 31.1 Å². The molecule has 0 saturated carbocycles. The van der Waals surface area contributed by atoms with E-state index in [1.54, 1.807) is 24.1 Å². The van der Waals surface area contributed by atoms with E-state index in [4.69, 9.17) is 4.74 Å². The van der Waals surface area contributed by atoms with Gasteiger partial charge in [-0.05, 0) is 45.1 Å². The summed E-state index contributed by atoms with van der Waals surface area (Å²) < 4.78 is 5.75. The summed E-state index contributed by atoms with van der Waals surface area (Å²) in [7, 11) is 7.50. The van der Waals surface area contributed by atoms with E-state index in [2.05, 4.69) is 15.3 Å². The number of carbonyl (C=O) groups is 1. The van der Waals surface area contributed by atoms with Crippen molar-refractivity contribution in [1.82, 2.24) is 19.8 Å². The van der Waals surface area contributed by atoms with Crippen LogP contribution in [0.5, 0.6) is 5.75 Å². The number of benzene rings is 1. The van der Waals surface area contributed by atoms with Gasteiger partial charge in [0.25, 0.3) is 5.91 Å². The number of nitrogens with zero attached hydrogens (tertiary/aromatic N) is 5. The zero-order valence-electron chi connectivity index (χ0n) is 19.4. The number of β-amino-alcohol motifs (C(OH)–C–C–N with tert-alkyl or cyclic N) is 1. The number of hydrogen-bond acceptors (Lipinski definition) is 8. The van der Waals surface area contributed by atoms with Crippen LogP contribution >= 0.6 is 0 Å². The normalized spacial score (nSPS) is 18.5. The van der Waals surface area contributed by atoms with Crippen molar-refractivity contribution in [1.29, 1.82) is 0 Å². The summed E-state index contributed by atoms with van der Waals surface area (Å²) in [6.07, 6.45) is 2.95. The topological polar surface area (TPSA) is 94.1 Å². The number of hydrogen-bond donors (Lipinski definition) is 2. The summed E-state index contributed by atoms with van der Waals surface area (Å²) in [5, 5.41) is 14.3. The molecule has 1 aliphatic rings. The van der Waals surface area contributed by atoms with Crippen molar-refractivity contribution in [2.75, 3.05) is 71.2 Å². The van der Waals surface area contributed by atoms with Crippen molar-refractivity contribution in [2.45, 2.75) is 18.4 Å². The quantitative estimate of drug-likeness (QED) is 0.604. The van der Waals surface area contributed by atoms with Crippen LogP contribution in [0.2, 0.25) is 0 Å². The lowest BCUT2D eigenvalue weighted by Crippen LogP contribution is -2.54. The molecular weight excluding hydrogens is 408 g/mol. The second kappa shape index (κ2) is 10.6. The summed E-state index contributed by atoms with van der Waals surface area (Å²) in [4.78, 5) is 27.2. The van der Waals surface area contributed by atoms with E-state index >= 15 is 0 Å². The molecule has 1 aromatic heterocycles. The Morgan fingerprint density at radius 3 is 2.84 bits per heavy atom. The molecule has 1 aliphatic heterocycles. The van der Waals surface area contributed by atoms with E-state index < -0.39 is 5.60 Å². The Labute approximate surface area is 190 Å². The molecule has 2 heterocycles. The smallest absolute Gasteiger partial charge is 0.253 e. The Morgan fingerprint density at radius 2 is 2.09 bits per heavy atom. The third kappa shape index (κ3) is 6.30. The highest BCUT2D eigenvalue weighted by Crippen LogP contribution is 2.27. The molecule has 1 unspecified atom stereocenters. The molecule has 9 nitrogen and oxygen atoms in total. The van der Waals surface area contributed by atoms with Gasteiger partial charge in [-0.15, -0.1) is 0 Å². The van der Waals surface area contributed by atoms with Gasteiger partial charge in [0.15, 0.2) is 0 Å². The van der Waals surface area contributed by atoms with Crippen LogP contribution in [-0.2, 0) is 0 Å². The third-order valence-corrected chi connectivity index (χ3v) is 5.55. The highest BCUT2D eigenvalue weighted by Gasteiger charge is 2.36. The summed E-state index contributed by atoms with van der Waals surface area (Å²) in [5.74, 6) is 2.01. The number of carbonyl (C=O) groups excluding carboxylic acids is 1. The van der Waals surface area contributed by atoms with Gasteiger partial charge in [-0.1, -0.05) is 6.07 Å². The number of rotatable bonds is 9. The lowest BCUT2D eigenvalue weighted by Gasteiger charge is -2.41. The molecule has 0 aliphatic carbocycles. The van der Waals surface area contributed by atoms with Gasteiger partial charge < -0.3 is 29.9 Å². The minimum absolute atomic E-state index is 0.145. The molecule has 9 heteroatoms. The van der Waals surface area contributed by atoms with Crippen LogP contribution in [0.3, 0.4) is 0 Å². The maximum Gasteiger partial charge on any atom is 0.253 e. The van der Waals surface area contributed by atoms with Crippen molar-refractivity contribution in [3.8, 4) is 5.75 Å². The third-order valence-electron chi connectivity index (χ3n) is 5.55. The molecule has 1 amide bonds. The Hall–Kier alpha value is -2.91. The van der Waals surface area contributed by atoms with E-state index in [0.29, 0.717) is 30.9 Å². The zero-order valence-corrected chi connectivity index (χ0v) is 19.4. The van der Waals surface area contributed by atoms with E-state index in [1.807, 2.05) is 49.1 Å². The molecule has 1 saturated heterocycles. The van der Waals surface area contributed by atoms with Crippen molar-refractivity contribution >= 4 is 17.5 Å². The van der Waals surface area contributed by atoms with Gasteiger partial charge in [-0.25, -0.2) is 9.97 Å². The van der Waals surface area contributed by atoms with Crippen molar-refractivity contribution in [2.24, 2.45) is 0 Å². The Morgan fingerprint density at radius 1 is 1.28 bits per heavy atom. The fourth-order valence-electron chi connectivity index (χ4n) is 3.89. The van der Waals surface area contributed by atoms with Crippen molar-refractivity contribution in [3.05, 3.63) is 42.2 Å². The Kier molecular flexibility index (Phi) is 7.87. The molecule has 174 valence electrons. The molecule has 2 N–H and O–H groups in total. The highest BCUT2D eigenvalue weighted by atomic mass is 16.5. The first kappa shape index (κ1) is 23.7. The highest BCUT2D eigenvalue weighted by molar-refractivity contribution is 5.94. The van der Waals surface area contributed by atoms with Gasteiger partial charge >= 0.3 is 0 Å². The molecule has 1 fully saturated rings. The number of ether oxygens (including phenoxy) is 1. The number of aliphatic hydroxyl groups is 1. The van der Waals surface area contributed by atoms with Gasteiger partial charge in [0, 0.05) is 45.4 Å². The van der Waals surface area contributed by atoms with E-state index in [9.17, 15) is 9.90 Å². The fourth-order valence-corrected chi connectivity index (χ4v) is 3.89. The van der Waals surface area contributed by atoms with Crippen LogP contribution in [0, 0.1) is 0 Å². The molecule has 0 bridgehead atoms. The number of likely N-dealkylation sites (N-methyl/N-ethyl adjacent to an activating group) is 2. The van der Waals surface area contributed by atoms with Gasteiger partial charge in [-0.3, -0.25) is 4.79 Å². The van der Waals surface area contributed by atoms with Crippen LogP contribution < -0.4 is 15.0 Å². The second-order valence-corrected chi connectivity index (χ2v) is 8.60. The van der Waals surface area contributed by atoms with Gasteiger partial charge in [0.05, 0.1) is 12.1 Å². The number of piperidine rings is 1. The van der Waals surface area contributed by atoms with Gasteiger partial charge in [0.2, 0.25) is 0 Å². The summed E-state index contributed by atoms with van der Waals surface area (Å²) >= 11 is 0. The molecular formula is C23H34N6O3. The van der Waals surface area contributed by atoms with Crippen LogP contribution in [0.25, 0.3) is 0 Å². The average Bonchev–Trinajstić information content (AvgIpc) is 2.78. The monoisotopic (exact) mass is 442 g/mol. The fraction of sp³-hybridized carbons (Fsp3) is 0.522. The number of aromatic nitrogens is 2. The number of amides is 1. The van der Waals surface area contributed by atoms with Crippen LogP contribution in [-0.4, -0.2) is 97.4 Å². The van der Waals surface area contributed by atoms with Crippen molar-refractivity contribution in [3.63, 3.8) is 0 Å². The van der Waals surface area contributed by atoms with Gasteiger partial charge in [0.1, 0.15) is 30.3 Å². The van der Waals surface area contributed by atoms with Gasteiger partial charge in [-0.2, -0.15) is 0 Å². The first-order valence-electron chi connectivity index (χ1n) is 10.9. The maximum atomic E-state index is 13.0. The Bertz CT molecular complexity index is 909. The molecule has 32 heavy (non-hydrogen) atoms. The van der Waals surface area contributed by atoms with E-state index in [1.165, 1.54) is 6.33 Å². The molecule has 0 spiro atoms. The molecule has 2 aromatic rings. The number of anilines is 2. The van der Waals surface area contributed by atoms with Crippen LogP contribution in [0.1, 0.15) is 23.2 Å². The van der Waals surface area contributed by atoms with Crippen LogP contribution in [0.15, 0.2) is 36.7 Å². The predicted molar refractivity (Wildman–Crippen MR) is 125 cm³/mol. The minimum Gasteiger partial charge on any atom is -0.492 e. The summed E-state index contributed by atoms with van der Waals surface area (Å²) in [6.45, 7) is 2.78. The van der Waals surface area contributed by atoms with E-state index in [-0.39, 0.29) is 12.5 Å². The molecule has 1 aromatic carbocycles. The maximum absolute atomic E-state index is 13.0. The minimum atomic E-state index is -1.02. The largest absolute Gasteiger partial charge is 0.492 e. The SMILES string of the molecule is CNc1cc(N2CCCC(O)(CN(C)C(=O)c3cccc(OCCN(C)C)c3)C2)ncn1. The molecule has 3 rings (SSSR count). The van der Waals surface area contributed by atoms with Crippen LogP contribution in [0.4, 0.5) is 11.6 Å². The summed E-state index contributed by atoms with van der Waals surface area (Å²) in [6, 6.07) is 9.06. The molecule has 1 atom stereocenters. The van der Waals surface area contributed by atoms with Crippen molar-refractivity contribution < 1.29 is 14.6 Å². The summed E-state index contributed by atoms with van der Waals surface area (Å²) in [5.41, 5.74) is -0.478. The lowest BCUT2D eigenvalue weighted by molar-refractivity contribution is -0.000140. The average molecular weight is 443 g/mol. The Balaban J connectivity index is 1.63. The second-order valence-electron chi connectivity index (χ2n) is 8.60. The zero-order chi connectivity index (χ0) is 23.1.